The van der Waals surface area contributed by atoms with Crippen molar-refractivity contribution in [3.63, 3.8) is 0 Å². The summed E-state index contributed by atoms with van der Waals surface area (Å²) in [7, 11) is 1.93. The van der Waals surface area contributed by atoms with Gasteiger partial charge < -0.3 is 5.32 Å². The lowest BCUT2D eigenvalue weighted by molar-refractivity contribution is 0.536. The van der Waals surface area contributed by atoms with Crippen LogP contribution in [-0.2, 0) is 13.6 Å². The van der Waals surface area contributed by atoms with Gasteiger partial charge in [-0.3, -0.25) is 14.6 Å². The monoisotopic (exact) mass is 217 g/mol. The minimum Gasteiger partial charge on any atom is -0.303 e. The number of aryl methyl sites for hydroxylation is 1. The zero-order chi connectivity index (χ0) is 11.4. The van der Waals surface area contributed by atoms with Gasteiger partial charge in [0.25, 0.3) is 0 Å². The number of nitrogens with zero attached hydrogens (tertiary/aromatic N) is 4. The van der Waals surface area contributed by atoms with E-state index in [1.807, 2.05) is 17.8 Å². The van der Waals surface area contributed by atoms with E-state index in [-0.39, 0.29) is 6.04 Å². The molecule has 5 heteroatoms. The molecule has 0 saturated heterocycles. The molecule has 0 aliphatic carbocycles. The van der Waals surface area contributed by atoms with Crippen molar-refractivity contribution in [3.8, 4) is 0 Å². The molecule has 84 valence electrons. The molecule has 5 nitrogen and oxygen atoms in total. The molecule has 2 aromatic rings. The molecule has 0 aromatic carbocycles. The normalized spacial score (nSPS) is 12.6. The SMILES string of the molecule is CC(NCc1ccnn1C)c1cnccn1. The van der Waals surface area contributed by atoms with Gasteiger partial charge in [-0.15, -0.1) is 0 Å². The Morgan fingerprint density at radius 3 is 2.88 bits per heavy atom. The minimum absolute atomic E-state index is 0.184. The highest BCUT2D eigenvalue weighted by molar-refractivity contribution is 5.03. The van der Waals surface area contributed by atoms with Crippen LogP contribution in [0.4, 0.5) is 0 Å². The summed E-state index contributed by atoms with van der Waals surface area (Å²) in [6.07, 6.45) is 6.96. The van der Waals surface area contributed by atoms with E-state index >= 15 is 0 Å². The average molecular weight is 217 g/mol. The molecule has 2 rings (SSSR count). The van der Waals surface area contributed by atoms with Crippen molar-refractivity contribution >= 4 is 0 Å². The van der Waals surface area contributed by atoms with E-state index in [1.54, 1.807) is 24.8 Å². The first kappa shape index (κ1) is 10.8. The highest BCUT2D eigenvalue weighted by atomic mass is 15.3. The molecule has 0 aliphatic rings. The smallest absolute Gasteiger partial charge is 0.0753 e. The molecule has 0 saturated carbocycles. The van der Waals surface area contributed by atoms with E-state index in [0.29, 0.717) is 0 Å². The van der Waals surface area contributed by atoms with E-state index in [2.05, 4.69) is 27.3 Å². The van der Waals surface area contributed by atoms with E-state index in [9.17, 15) is 0 Å². The summed E-state index contributed by atoms with van der Waals surface area (Å²) in [5.41, 5.74) is 2.10. The Balaban J connectivity index is 1.94. The van der Waals surface area contributed by atoms with Gasteiger partial charge in [-0.1, -0.05) is 0 Å². The summed E-state index contributed by atoms with van der Waals surface area (Å²) >= 11 is 0. The standard InChI is InChI=1S/C11H15N5/c1-9(11-8-12-5-6-13-11)14-7-10-3-4-15-16(10)2/h3-6,8-9,14H,7H2,1-2H3. The topological polar surface area (TPSA) is 55.6 Å². The van der Waals surface area contributed by atoms with Crippen molar-refractivity contribution in [2.75, 3.05) is 0 Å². The Morgan fingerprint density at radius 2 is 2.25 bits per heavy atom. The first-order valence-corrected chi connectivity index (χ1v) is 5.23. The molecule has 2 heterocycles. The van der Waals surface area contributed by atoms with E-state index in [0.717, 1.165) is 17.9 Å². The molecular formula is C11H15N5. The summed E-state index contributed by atoms with van der Waals surface area (Å²) < 4.78 is 1.86. The van der Waals surface area contributed by atoms with Gasteiger partial charge in [-0.05, 0) is 13.0 Å². The van der Waals surface area contributed by atoms with Crippen molar-refractivity contribution in [1.82, 2.24) is 25.1 Å². The lowest BCUT2D eigenvalue weighted by atomic mass is 10.2. The van der Waals surface area contributed by atoms with Crippen LogP contribution in [-0.4, -0.2) is 19.7 Å². The summed E-state index contributed by atoms with van der Waals surface area (Å²) in [6, 6.07) is 2.18. The molecule has 1 N–H and O–H groups in total. The highest BCUT2D eigenvalue weighted by Crippen LogP contribution is 2.07. The molecule has 0 aliphatic heterocycles. The Morgan fingerprint density at radius 1 is 1.38 bits per heavy atom. The number of rotatable bonds is 4. The fraction of sp³-hybridized carbons (Fsp3) is 0.364. The number of aromatic nitrogens is 4. The molecule has 0 fully saturated rings. The average Bonchev–Trinajstić information content (AvgIpc) is 2.73. The van der Waals surface area contributed by atoms with Gasteiger partial charge >= 0.3 is 0 Å². The highest BCUT2D eigenvalue weighted by Gasteiger charge is 2.06. The van der Waals surface area contributed by atoms with E-state index < -0.39 is 0 Å². The second-order valence-corrected chi connectivity index (χ2v) is 3.68. The first-order valence-electron chi connectivity index (χ1n) is 5.23. The third-order valence-electron chi connectivity index (χ3n) is 2.54. The van der Waals surface area contributed by atoms with Gasteiger partial charge in [0.1, 0.15) is 0 Å². The molecule has 16 heavy (non-hydrogen) atoms. The third-order valence-corrected chi connectivity index (χ3v) is 2.54. The van der Waals surface area contributed by atoms with Gasteiger partial charge in [0.2, 0.25) is 0 Å². The summed E-state index contributed by atoms with van der Waals surface area (Å²) in [5, 5.41) is 7.49. The van der Waals surface area contributed by atoms with Crippen molar-refractivity contribution < 1.29 is 0 Å². The second-order valence-electron chi connectivity index (χ2n) is 3.68. The predicted molar refractivity (Wildman–Crippen MR) is 60.5 cm³/mol. The van der Waals surface area contributed by atoms with Crippen molar-refractivity contribution in [2.45, 2.75) is 19.5 Å². The summed E-state index contributed by atoms with van der Waals surface area (Å²) in [6.45, 7) is 2.84. The quantitative estimate of drug-likeness (QED) is 0.832. The number of hydrogen-bond donors (Lipinski definition) is 1. The molecule has 0 bridgehead atoms. The van der Waals surface area contributed by atoms with Crippen LogP contribution in [0.25, 0.3) is 0 Å². The van der Waals surface area contributed by atoms with Crippen LogP contribution in [0.2, 0.25) is 0 Å². The van der Waals surface area contributed by atoms with Crippen LogP contribution >= 0.6 is 0 Å². The maximum absolute atomic E-state index is 4.25. The Kier molecular flexibility index (Phi) is 3.26. The maximum atomic E-state index is 4.25. The van der Waals surface area contributed by atoms with Crippen molar-refractivity contribution in [3.05, 3.63) is 42.2 Å². The molecule has 0 radical (unpaired) electrons. The van der Waals surface area contributed by atoms with Crippen LogP contribution in [0.1, 0.15) is 24.4 Å². The van der Waals surface area contributed by atoms with Gasteiger partial charge in [0, 0.05) is 44.4 Å². The summed E-state index contributed by atoms with van der Waals surface area (Å²) in [4.78, 5) is 8.30. The third kappa shape index (κ3) is 2.43. The fourth-order valence-corrected chi connectivity index (χ4v) is 1.47. The molecule has 0 amide bonds. The van der Waals surface area contributed by atoms with Crippen molar-refractivity contribution in [1.29, 1.82) is 0 Å². The fourth-order valence-electron chi connectivity index (χ4n) is 1.47. The number of nitrogens with one attached hydrogen (secondary N) is 1. The van der Waals surface area contributed by atoms with Crippen molar-refractivity contribution in [2.24, 2.45) is 7.05 Å². The van der Waals surface area contributed by atoms with Gasteiger partial charge in [-0.2, -0.15) is 5.10 Å². The second kappa shape index (κ2) is 4.85. The van der Waals surface area contributed by atoms with Gasteiger partial charge in [-0.25, -0.2) is 0 Å². The predicted octanol–water partition coefficient (Wildman–Crippen LogP) is 1.06. The van der Waals surface area contributed by atoms with Gasteiger partial charge in [0.05, 0.1) is 11.4 Å². The first-order chi connectivity index (χ1) is 7.77. The zero-order valence-electron chi connectivity index (χ0n) is 9.46. The molecule has 2 aromatic heterocycles. The number of hydrogen-bond acceptors (Lipinski definition) is 4. The minimum atomic E-state index is 0.184. The van der Waals surface area contributed by atoms with Crippen LogP contribution in [0.15, 0.2) is 30.9 Å². The molecule has 1 unspecified atom stereocenters. The molecule has 0 spiro atoms. The van der Waals surface area contributed by atoms with Crippen LogP contribution in [0.5, 0.6) is 0 Å². The van der Waals surface area contributed by atoms with Crippen LogP contribution in [0.3, 0.4) is 0 Å². The zero-order valence-corrected chi connectivity index (χ0v) is 9.46. The van der Waals surface area contributed by atoms with E-state index in [1.165, 1.54) is 0 Å². The maximum Gasteiger partial charge on any atom is 0.0753 e. The Labute approximate surface area is 94.5 Å². The Bertz CT molecular complexity index is 437. The Hall–Kier alpha value is -1.75. The van der Waals surface area contributed by atoms with Crippen LogP contribution in [0, 0.1) is 0 Å². The summed E-state index contributed by atoms with van der Waals surface area (Å²) in [5.74, 6) is 0. The lowest BCUT2D eigenvalue weighted by Crippen LogP contribution is -2.20. The molecule has 1 atom stereocenters. The molecular weight excluding hydrogens is 202 g/mol. The largest absolute Gasteiger partial charge is 0.303 e. The lowest BCUT2D eigenvalue weighted by Gasteiger charge is -2.12. The van der Waals surface area contributed by atoms with E-state index in [4.69, 9.17) is 0 Å². The van der Waals surface area contributed by atoms with Crippen LogP contribution < -0.4 is 5.32 Å². The van der Waals surface area contributed by atoms with Gasteiger partial charge in [0.15, 0.2) is 0 Å².